The Morgan fingerprint density at radius 1 is 1.11 bits per heavy atom. The van der Waals surface area contributed by atoms with Crippen molar-refractivity contribution in [2.24, 2.45) is 0 Å². The molecule has 0 unspecified atom stereocenters. The fraction of sp³-hybridized carbons (Fsp3) is 0.600. The molecule has 0 saturated carbocycles. The maximum Gasteiger partial charge on any atom is 0.0808 e. The summed E-state index contributed by atoms with van der Waals surface area (Å²) in [7, 11) is 0. The van der Waals surface area contributed by atoms with Gasteiger partial charge >= 0.3 is 0 Å². The Labute approximate surface area is 118 Å². The fourth-order valence-electron chi connectivity index (χ4n) is 2.89. The lowest BCUT2D eigenvalue weighted by Gasteiger charge is -2.48. The van der Waals surface area contributed by atoms with Gasteiger partial charge in [0.05, 0.1) is 11.2 Å². The topological polar surface area (TPSA) is 12.5 Å². The van der Waals surface area contributed by atoms with Gasteiger partial charge in [-0.25, -0.2) is 0 Å². The Balaban J connectivity index is 2.32. The van der Waals surface area contributed by atoms with Crippen LogP contribution in [0.4, 0.5) is 5.69 Å². The number of hydrogen-bond acceptors (Lipinski definition) is 2. The van der Waals surface area contributed by atoms with Crippen LogP contribution in [0, 0.1) is 0 Å². The number of para-hydroxylation sites is 1. The first-order valence-electron chi connectivity index (χ1n) is 6.42. The van der Waals surface area contributed by atoms with Crippen molar-refractivity contribution >= 4 is 21.6 Å². The lowest BCUT2D eigenvalue weighted by molar-refractivity contribution is -0.133. The van der Waals surface area contributed by atoms with Crippen LogP contribution in [0.25, 0.3) is 0 Å². The molecule has 1 aliphatic heterocycles. The molecule has 1 aliphatic rings. The summed E-state index contributed by atoms with van der Waals surface area (Å²) in [5.74, 6) is 0. The Kier molecular flexibility index (Phi) is 3.75. The largest absolute Gasteiger partial charge is 0.366 e. The van der Waals surface area contributed by atoms with E-state index in [2.05, 4.69) is 72.8 Å². The van der Waals surface area contributed by atoms with Crippen LogP contribution in [0.2, 0.25) is 0 Å². The van der Waals surface area contributed by atoms with E-state index >= 15 is 0 Å². The van der Waals surface area contributed by atoms with Crippen LogP contribution >= 0.6 is 15.9 Å². The molecule has 0 amide bonds. The zero-order valence-corrected chi connectivity index (χ0v) is 13.3. The molecule has 0 aliphatic carbocycles. The third-order valence-corrected chi connectivity index (χ3v) is 3.78. The molecule has 1 aromatic rings. The van der Waals surface area contributed by atoms with Crippen LogP contribution in [0.15, 0.2) is 24.3 Å². The normalized spacial score (nSPS) is 21.9. The van der Waals surface area contributed by atoms with Gasteiger partial charge in [-0.05, 0) is 39.3 Å². The first kappa shape index (κ1) is 13.9. The van der Waals surface area contributed by atoms with Crippen LogP contribution in [0.5, 0.6) is 0 Å². The van der Waals surface area contributed by atoms with Crippen LogP contribution in [0.3, 0.4) is 0 Å². The molecule has 1 saturated heterocycles. The van der Waals surface area contributed by atoms with E-state index < -0.39 is 0 Å². The van der Waals surface area contributed by atoms with Gasteiger partial charge in [0, 0.05) is 24.1 Å². The first-order valence-corrected chi connectivity index (χ1v) is 7.54. The number of hydrogen-bond donors (Lipinski definition) is 0. The Hall–Kier alpha value is -0.540. The predicted octanol–water partition coefficient (Wildman–Crippen LogP) is 3.98. The third-order valence-electron chi connectivity index (χ3n) is 3.17. The van der Waals surface area contributed by atoms with Gasteiger partial charge in [-0.2, -0.15) is 0 Å². The molecule has 1 aromatic carbocycles. The molecule has 1 heterocycles. The number of ether oxygens (including phenoxy) is 1. The van der Waals surface area contributed by atoms with Crippen molar-refractivity contribution in [2.75, 3.05) is 18.0 Å². The molecule has 100 valence electrons. The highest BCUT2D eigenvalue weighted by Gasteiger charge is 2.38. The maximum absolute atomic E-state index is 6.13. The van der Waals surface area contributed by atoms with Crippen LogP contribution < -0.4 is 4.90 Å². The fourth-order valence-corrected chi connectivity index (χ4v) is 3.36. The summed E-state index contributed by atoms with van der Waals surface area (Å²) in [4.78, 5) is 2.44. The van der Waals surface area contributed by atoms with Gasteiger partial charge in [-0.1, -0.05) is 34.1 Å². The van der Waals surface area contributed by atoms with Crippen molar-refractivity contribution in [3.63, 3.8) is 0 Å². The molecule has 2 rings (SSSR count). The van der Waals surface area contributed by atoms with Gasteiger partial charge < -0.3 is 9.64 Å². The monoisotopic (exact) mass is 311 g/mol. The van der Waals surface area contributed by atoms with E-state index in [0.29, 0.717) is 0 Å². The number of benzene rings is 1. The van der Waals surface area contributed by atoms with E-state index in [4.69, 9.17) is 4.74 Å². The van der Waals surface area contributed by atoms with Crippen molar-refractivity contribution in [1.82, 2.24) is 0 Å². The number of morpholine rings is 1. The maximum atomic E-state index is 6.13. The summed E-state index contributed by atoms with van der Waals surface area (Å²) in [5, 5.41) is 0.890. The van der Waals surface area contributed by atoms with E-state index in [1.54, 1.807) is 0 Å². The van der Waals surface area contributed by atoms with E-state index in [-0.39, 0.29) is 11.2 Å². The van der Waals surface area contributed by atoms with Crippen molar-refractivity contribution in [3.8, 4) is 0 Å². The van der Waals surface area contributed by atoms with E-state index in [1.165, 1.54) is 11.3 Å². The van der Waals surface area contributed by atoms with E-state index in [1.807, 2.05) is 0 Å². The zero-order chi connectivity index (χ0) is 13.4. The van der Waals surface area contributed by atoms with Crippen molar-refractivity contribution < 1.29 is 4.74 Å². The molecule has 3 heteroatoms. The smallest absolute Gasteiger partial charge is 0.0808 e. The van der Waals surface area contributed by atoms with Crippen molar-refractivity contribution in [2.45, 2.75) is 44.2 Å². The minimum Gasteiger partial charge on any atom is -0.366 e. The quantitative estimate of drug-likeness (QED) is 0.766. The second-order valence-electron chi connectivity index (χ2n) is 6.24. The van der Waals surface area contributed by atoms with Gasteiger partial charge in [0.25, 0.3) is 0 Å². The Morgan fingerprint density at radius 3 is 2.22 bits per heavy atom. The number of anilines is 1. The number of halogens is 1. The molecule has 0 radical (unpaired) electrons. The summed E-state index contributed by atoms with van der Waals surface area (Å²) in [5.41, 5.74) is 2.44. The molecule has 1 fully saturated rings. The highest BCUT2D eigenvalue weighted by atomic mass is 79.9. The van der Waals surface area contributed by atoms with Crippen LogP contribution in [-0.4, -0.2) is 24.3 Å². The molecule has 0 spiro atoms. The second kappa shape index (κ2) is 4.86. The van der Waals surface area contributed by atoms with Crippen LogP contribution in [-0.2, 0) is 10.1 Å². The number of rotatable bonds is 2. The highest BCUT2D eigenvalue weighted by Crippen LogP contribution is 2.33. The minimum atomic E-state index is -0.110. The lowest BCUT2D eigenvalue weighted by atomic mass is 9.97. The van der Waals surface area contributed by atoms with E-state index in [0.717, 1.165) is 18.4 Å². The van der Waals surface area contributed by atoms with Gasteiger partial charge in [0.2, 0.25) is 0 Å². The van der Waals surface area contributed by atoms with Gasteiger partial charge in [0.1, 0.15) is 0 Å². The Morgan fingerprint density at radius 2 is 1.67 bits per heavy atom. The molecule has 2 nitrogen and oxygen atoms in total. The third kappa shape index (κ3) is 3.07. The van der Waals surface area contributed by atoms with Crippen molar-refractivity contribution in [1.29, 1.82) is 0 Å². The lowest BCUT2D eigenvalue weighted by Crippen LogP contribution is -2.57. The van der Waals surface area contributed by atoms with Crippen molar-refractivity contribution in [3.05, 3.63) is 29.8 Å². The molecular weight excluding hydrogens is 290 g/mol. The Bertz CT molecular complexity index is 412. The average molecular weight is 312 g/mol. The van der Waals surface area contributed by atoms with E-state index in [9.17, 15) is 0 Å². The molecule has 0 aromatic heterocycles. The molecule has 18 heavy (non-hydrogen) atoms. The summed E-state index contributed by atoms with van der Waals surface area (Å²) < 4.78 is 6.13. The van der Waals surface area contributed by atoms with Gasteiger partial charge in [-0.15, -0.1) is 0 Å². The minimum absolute atomic E-state index is 0.110. The second-order valence-corrected chi connectivity index (χ2v) is 6.80. The summed E-state index contributed by atoms with van der Waals surface area (Å²) in [6, 6.07) is 8.58. The van der Waals surface area contributed by atoms with Gasteiger partial charge in [-0.3, -0.25) is 0 Å². The molecule has 0 atom stereocenters. The predicted molar refractivity (Wildman–Crippen MR) is 80.5 cm³/mol. The number of alkyl halides is 1. The summed E-state index contributed by atoms with van der Waals surface area (Å²) in [6.07, 6.45) is 0. The molecule has 0 bridgehead atoms. The SMILES string of the molecule is CC1(C)CN(c2ccccc2CBr)CC(C)(C)O1. The standard InChI is InChI=1S/C15H22BrNO/c1-14(2)10-17(11-15(3,4)18-14)13-8-6-5-7-12(13)9-16/h5-8H,9-11H2,1-4H3. The van der Waals surface area contributed by atoms with Gasteiger partial charge in [0.15, 0.2) is 0 Å². The summed E-state index contributed by atoms with van der Waals surface area (Å²) in [6.45, 7) is 10.5. The van der Waals surface area contributed by atoms with Crippen LogP contribution in [0.1, 0.15) is 33.3 Å². The average Bonchev–Trinajstić information content (AvgIpc) is 2.24. The first-order chi connectivity index (χ1) is 8.33. The molecular formula is C15H22BrNO. The highest BCUT2D eigenvalue weighted by molar-refractivity contribution is 9.08. The zero-order valence-electron chi connectivity index (χ0n) is 11.7. The number of nitrogens with zero attached hydrogens (tertiary/aromatic N) is 1. The molecule has 0 N–H and O–H groups in total. The summed E-state index contributed by atoms with van der Waals surface area (Å²) >= 11 is 3.57.